The summed E-state index contributed by atoms with van der Waals surface area (Å²) < 4.78 is 0. The van der Waals surface area contributed by atoms with E-state index in [-0.39, 0.29) is 11.9 Å². The topological polar surface area (TPSA) is 61.0 Å². The zero-order chi connectivity index (χ0) is 15.8. The third-order valence-electron chi connectivity index (χ3n) is 3.90. The summed E-state index contributed by atoms with van der Waals surface area (Å²) in [6, 6.07) is 17.6. The van der Waals surface area contributed by atoms with Crippen molar-refractivity contribution in [3.63, 3.8) is 0 Å². The summed E-state index contributed by atoms with van der Waals surface area (Å²) in [5.74, 6) is -0.00882. The fraction of sp³-hybridized carbons (Fsp3) is 0.118. The lowest BCUT2D eigenvalue weighted by atomic mass is 9.96. The van der Waals surface area contributed by atoms with Gasteiger partial charge in [-0.05, 0) is 29.8 Å². The molecule has 4 rings (SSSR count). The Labute approximate surface area is 138 Å². The third-order valence-corrected chi connectivity index (χ3v) is 4.15. The van der Waals surface area contributed by atoms with Crippen LogP contribution in [0.5, 0.6) is 0 Å². The molecular formula is C17H13ClN4O. The number of nitrogens with zero attached hydrogens (tertiary/aromatic N) is 3. The van der Waals surface area contributed by atoms with Gasteiger partial charge in [-0.2, -0.15) is 5.10 Å². The van der Waals surface area contributed by atoms with E-state index in [2.05, 4.69) is 22.4 Å². The second kappa shape index (κ2) is 5.52. The number of halogens is 1. The first-order chi connectivity index (χ1) is 11.2. The minimum absolute atomic E-state index is 0.00521. The molecule has 0 saturated heterocycles. The van der Waals surface area contributed by atoms with Crippen molar-refractivity contribution >= 4 is 34.6 Å². The van der Waals surface area contributed by atoms with Gasteiger partial charge < -0.3 is 4.84 Å². The van der Waals surface area contributed by atoms with Crippen LogP contribution in [0.4, 0.5) is 5.69 Å². The summed E-state index contributed by atoms with van der Waals surface area (Å²) in [6.45, 7) is 0. The minimum atomic E-state index is -0.00882. The number of rotatable bonds is 2. The van der Waals surface area contributed by atoms with Crippen molar-refractivity contribution in [2.75, 3.05) is 5.01 Å². The summed E-state index contributed by atoms with van der Waals surface area (Å²) in [6.07, 6.45) is 0.633. The number of fused-ring (bicyclic) bond motifs is 1. The molecule has 5 nitrogen and oxygen atoms in total. The zero-order valence-electron chi connectivity index (χ0n) is 12.1. The van der Waals surface area contributed by atoms with Crippen LogP contribution in [0.1, 0.15) is 18.0 Å². The lowest BCUT2D eigenvalue weighted by molar-refractivity contribution is 0.339. The van der Waals surface area contributed by atoms with Gasteiger partial charge in [0.05, 0.1) is 11.7 Å². The Balaban J connectivity index is 1.81. The highest BCUT2D eigenvalue weighted by atomic mass is 35.5. The van der Waals surface area contributed by atoms with Crippen LogP contribution in [0, 0.1) is 5.41 Å². The van der Waals surface area contributed by atoms with E-state index in [1.807, 2.05) is 47.5 Å². The molecule has 0 radical (unpaired) electrons. The summed E-state index contributed by atoms with van der Waals surface area (Å²) in [7, 11) is 0. The van der Waals surface area contributed by atoms with Gasteiger partial charge in [-0.15, -0.1) is 0 Å². The van der Waals surface area contributed by atoms with Crippen molar-refractivity contribution in [1.29, 1.82) is 5.41 Å². The quantitative estimate of drug-likeness (QED) is 0.907. The summed E-state index contributed by atoms with van der Waals surface area (Å²) in [5.41, 5.74) is 3.25. The molecule has 1 N–H and O–H groups in total. The third kappa shape index (κ3) is 2.49. The predicted molar refractivity (Wildman–Crippen MR) is 91.4 cm³/mol. The average molecular weight is 325 g/mol. The Morgan fingerprint density at radius 3 is 2.57 bits per heavy atom. The van der Waals surface area contributed by atoms with E-state index in [0.29, 0.717) is 22.9 Å². The van der Waals surface area contributed by atoms with Crippen molar-refractivity contribution < 1.29 is 4.84 Å². The van der Waals surface area contributed by atoms with E-state index in [0.717, 1.165) is 11.3 Å². The SMILES string of the molecule is N=C1ON=C2CC(c3ccccc3)N(c3ccc(Cl)cc3)N=C12. The van der Waals surface area contributed by atoms with Crippen LogP contribution in [0.2, 0.25) is 5.02 Å². The zero-order valence-corrected chi connectivity index (χ0v) is 12.9. The van der Waals surface area contributed by atoms with Crippen LogP contribution in [0.15, 0.2) is 64.9 Å². The highest BCUT2D eigenvalue weighted by Gasteiger charge is 2.36. The van der Waals surface area contributed by atoms with Gasteiger partial charge in [-0.3, -0.25) is 10.4 Å². The van der Waals surface area contributed by atoms with Crippen molar-refractivity contribution in [3.8, 4) is 0 Å². The molecule has 0 aromatic heterocycles. The Kier molecular flexibility index (Phi) is 3.35. The van der Waals surface area contributed by atoms with E-state index < -0.39 is 0 Å². The van der Waals surface area contributed by atoms with E-state index in [1.165, 1.54) is 0 Å². The van der Waals surface area contributed by atoms with Crippen LogP contribution in [-0.2, 0) is 4.84 Å². The highest BCUT2D eigenvalue weighted by molar-refractivity contribution is 6.68. The molecule has 0 bridgehead atoms. The molecule has 1 atom stereocenters. The molecule has 114 valence electrons. The number of anilines is 1. The van der Waals surface area contributed by atoms with Gasteiger partial charge in [0.15, 0.2) is 5.71 Å². The molecule has 2 aromatic rings. The van der Waals surface area contributed by atoms with Crippen LogP contribution in [-0.4, -0.2) is 17.3 Å². The number of hydrogen-bond acceptors (Lipinski definition) is 5. The van der Waals surface area contributed by atoms with Gasteiger partial charge in [0, 0.05) is 11.4 Å². The maximum absolute atomic E-state index is 7.82. The molecule has 2 aliphatic rings. The van der Waals surface area contributed by atoms with Gasteiger partial charge in [-0.25, -0.2) is 0 Å². The van der Waals surface area contributed by atoms with Crippen molar-refractivity contribution in [2.24, 2.45) is 10.3 Å². The standard InChI is InChI=1S/C17H13ClN4O/c18-12-6-8-13(9-7-12)22-15(11-4-2-1-3-5-11)10-14-16(20-22)17(19)23-21-14/h1-9,15,19H,10H2. The molecule has 0 amide bonds. The number of benzene rings is 2. The summed E-state index contributed by atoms with van der Waals surface area (Å²) in [4.78, 5) is 4.98. The minimum Gasteiger partial charge on any atom is -0.334 e. The normalized spacial score (nSPS) is 19.8. The van der Waals surface area contributed by atoms with Gasteiger partial charge in [-0.1, -0.05) is 47.1 Å². The molecule has 2 aliphatic heterocycles. The fourth-order valence-corrected chi connectivity index (χ4v) is 2.89. The Hall–Kier alpha value is -2.66. The first kappa shape index (κ1) is 14.0. The van der Waals surface area contributed by atoms with Gasteiger partial charge >= 0.3 is 0 Å². The van der Waals surface area contributed by atoms with Crippen molar-refractivity contribution in [2.45, 2.75) is 12.5 Å². The van der Waals surface area contributed by atoms with Crippen LogP contribution in [0.3, 0.4) is 0 Å². The number of hydrogen-bond donors (Lipinski definition) is 1. The average Bonchev–Trinajstić information content (AvgIpc) is 2.96. The molecule has 0 spiro atoms. The van der Waals surface area contributed by atoms with Crippen LogP contribution < -0.4 is 5.01 Å². The predicted octanol–water partition coefficient (Wildman–Crippen LogP) is 4.01. The molecule has 6 heteroatoms. The molecule has 0 fully saturated rings. The van der Waals surface area contributed by atoms with Gasteiger partial charge in [0.1, 0.15) is 5.71 Å². The van der Waals surface area contributed by atoms with Gasteiger partial charge in [0.2, 0.25) is 0 Å². The monoisotopic (exact) mass is 324 g/mol. The van der Waals surface area contributed by atoms with E-state index in [1.54, 1.807) is 0 Å². The first-order valence-electron chi connectivity index (χ1n) is 7.24. The van der Waals surface area contributed by atoms with Crippen molar-refractivity contribution in [1.82, 2.24) is 0 Å². The number of oxime groups is 1. The van der Waals surface area contributed by atoms with Gasteiger partial charge in [0.25, 0.3) is 5.90 Å². The van der Waals surface area contributed by atoms with E-state index in [9.17, 15) is 0 Å². The lowest BCUT2D eigenvalue weighted by Gasteiger charge is -2.33. The molecule has 23 heavy (non-hydrogen) atoms. The first-order valence-corrected chi connectivity index (χ1v) is 7.62. The van der Waals surface area contributed by atoms with Crippen LogP contribution in [0.25, 0.3) is 0 Å². The van der Waals surface area contributed by atoms with E-state index in [4.69, 9.17) is 21.8 Å². The molecular weight excluding hydrogens is 312 g/mol. The molecule has 0 aliphatic carbocycles. The van der Waals surface area contributed by atoms with Crippen LogP contribution >= 0.6 is 11.6 Å². The number of nitrogens with one attached hydrogen (secondary N) is 1. The molecule has 2 aromatic carbocycles. The second-order valence-corrected chi connectivity index (χ2v) is 5.80. The lowest BCUT2D eigenvalue weighted by Crippen LogP contribution is -2.36. The van der Waals surface area contributed by atoms with Crippen molar-refractivity contribution in [3.05, 3.63) is 65.2 Å². The Bertz CT molecular complexity index is 814. The largest absolute Gasteiger partial charge is 0.334 e. The molecule has 1 unspecified atom stereocenters. The van der Waals surface area contributed by atoms with E-state index >= 15 is 0 Å². The molecule has 0 saturated carbocycles. The molecule has 2 heterocycles. The maximum atomic E-state index is 7.82. The maximum Gasteiger partial charge on any atom is 0.271 e. The Morgan fingerprint density at radius 2 is 1.83 bits per heavy atom. The summed E-state index contributed by atoms with van der Waals surface area (Å²) >= 11 is 5.99. The second-order valence-electron chi connectivity index (χ2n) is 5.36. The smallest absolute Gasteiger partial charge is 0.271 e. The highest BCUT2D eigenvalue weighted by Crippen LogP contribution is 2.35. The fourth-order valence-electron chi connectivity index (χ4n) is 2.77. The summed E-state index contributed by atoms with van der Waals surface area (Å²) in [5, 5.41) is 19.0. The number of hydrazone groups is 1. The Morgan fingerprint density at radius 1 is 1.09 bits per heavy atom.